The Morgan fingerprint density at radius 3 is 2.95 bits per heavy atom. The van der Waals surface area contributed by atoms with Gasteiger partial charge < -0.3 is 10.2 Å². The lowest BCUT2D eigenvalue weighted by atomic mass is 10.1. The first-order valence-corrected chi connectivity index (χ1v) is 7.45. The molecule has 1 aromatic heterocycles. The predicted octanol–water partition coefficient (Wildman–Crippen LogP) is 1.61. The van der Waals surface area contributed by atoms with Gasteiger partial charge in [-0.25, -0.2) is 9.37 Å². The van der Waals surface area contributed by atoms with Crippen LogP contribution in [0.15, 0.2) is 12.3 Å². The van der Waals surface area contributed by atoms with Crippen LogP contribution in [-0.2, 0) is 6.54 Å². The summed E-state index contributed by atoms with van der Waals surface area (Å²) in [6, 6.07) is 2.92. The molecule has 2 aliphatic heterocycles. The van der Waals surface area contributed by atoms with E-state index in [9.17, 15) is 4.39 Å². The minimum atomic E-state index is -0.257. The maximum atomic E-state index is 13.4. The molecule has 2 bridgehead atoms. The van der Waals surface area contributed by atoms with Crippen molar-refractivity contribution < 1.29 is 4.39 Å². The zero-order valence-corrected chi connectivity index (χ0v) is 12.3. The number of rotatable bonds is 3. The van der Waals surface area contributed by atoms with Crippen LogP contribution in [0.25, 0.3) is 0 Å². The van der Waals surface area contributed by atoms with E-state index in [2.05, 4.69) is 27.1 Å². The van der Waals surface area contributed by atoms with E-state index >= 15 is 0 Å². The lowest BCUT2D eigenvalue weighted by Gasteiger charge is -2.28. The lowest BCUT2D eigenvalue weighted by molar-refractivity contribution is 0.254. The highest BCUT2D eigenvalue weighted by Gasteiger charge is 2.35. The maximum Gasteiger partial charge on any atom is 0.141 e. The van der Waals surface area contributed by atoms with Gasteiger partial charge in [-0.2, -0.15) is 0 Å². The van der Waals surface area contributed by atoms with Gasteiger partial charge in [0, 0.05) is 37.3 Å². The minimum absolute atomic E-state index is 0.257. The first kappa shape index (κ1) is 13.8. The third-order valence-electron chi connectivity index (χ3n) is 4.72. The Labute approximate surface area is 120 Å². The van der Waals surface area contributed by atoms with Crippen LogP contribution in [-0.4, -0.2) is 49.2 Å². The van der Waals surface area contributed by atoms with Gasteiger partial charge in [-0.1, -0.05) is 0 Å². The van der Waals surface area contributed by atoms with E-state index in [-0.39, 0.29) is 5.82 Å². The maximum absolute atomic E-state index is 13.4. The van der Waals surface area contributed by atoms with Crippen molar-refractivity contribution >= 4 is 5.82 Å². The number of pyridine rings is 1. The summed E-state index contributed by atoms with van der Waals surface area (Å²) in [4.78, 5) is 9.22. The molecule has 3 heterocycles. The summed E-state index contributed by atoms with van der Waals surface area (Å²) in [5.41, 5.74) is 0.952. The molecule has 110 valence electrons. The van der Waals surface area contributed by atoms with Gasteiger partial charge in [0.1, 0.15) is 11.6 Å². The molecule has 0 amide bonds. The fraction of sp³-hybridized carbons (Fsp3) is 0.667. The number of fused-ring (bicyclic) bond motifs is 2. The van der Waals surface area contributed by atoms with E-state index in [4.69, 9.17) is 0 Å². The molecule has 1 N–H and O–H groups in total. The molecule has 3 rings (SSSR count). The highest BCUT2D eigenvalue weighted by molar-refractivity contribution is 5.47. The van der Waals surface area contributed by atoms with Gasteiger partial charge in [0.05, 0.1) is 6.20 Å². The summed E-state index contributed by atoms with van der Waals surface area (Å²) in [6.07, 6.45) is 5.09. The molecule has 2 atom stereocenters. The van der Waals surface area contributed by atoms with Crippen molar-refractivity contribution in [1.29, 1.82) is 0 Å². The number of nitrogens with zero attached hydrogens (tertiary/aromatic N) is 3. The number of aromatic nitrogens is 1. The van der Waals surface area contributed by atoms with Gasteiger partial charge in [-0.15, -0.1) is 0 Å². The van der Waals surface area contributed by atoms with Crippen LogP contribution in [0, 0.1) is 5.82 Å². The SMILES string of the molecule is CNCc1cc(F)cnc1N1CCC2CCC(C1)N2C. The smallest absolute Gasteiger partial charge is 0.141 e. The fourth-order valence-electron chi connectivity index (χ4n) is 3.58. The first-order chi connectivity index (χ1) is 9.69. The molecule has 0 spiro atoms. The number of hydrogen-bond acceptors (Lipinski definition) is 4. The summed E-state index contributed by atoms with van der Waals surface area (Å²) in [7, 11) is 4.12. The van der Waals surface area contributed by atoms with E-state index < -0.39 is 0 Å². The van der Waals surface area contributed by atoms with Crippen molar-refractivity contribution in [2.24, 2.45) is 0 Å². The van der Waals surface area contributed by atoms with E-state index in [1.165, 1.54) is 25.5 Å². The highest BCUT2D eigenvalue weighted by atomic mass is 19.1. The second-order valence-corrected chi connectivity index (χ2v) is 5.95. The van der Waals surface area contributed by atoms with E-state index in [0.717, 1.165) is 24.5 Å². The van der Waals surface area contributed by atoms with Gasteiger partial charge in [0.15, 0.2) is 0 Å². The molecule has 0 aromatic carbocycles. The van der Waals surface area contributed by atoms with Crippen molar-refractivity contribution in [2.75, 3.05) is 32.1 Å². The summed E-state index contributed by atoms with van der Waals surface area (Å²) < 4.78 is 13.4. The number of anilines is 1. The molecule has 2 saturated heterocycles. The molecule has 1 aromatic rings. The topological polar surface area (TPSA) is 31.4 Å². The van der Waals surface area contributed by atoms with Crippen LogP contribution in [0.2, 0.25) is 0 Å². The Morgan fingerprint density at radius 1 is 1.35 bits per heavy atom. The molecular formula is C15H23FN4. The van der Waals surface area contributed by atoms with E-state index in [1.807, 2.05) is 7.05 Å². The summed E-state index contributed by atoms with van der Waals surface area (Å²) in [6.45, 7) is 2.67. The van der Waals surface area contributed by atoms with Crippen LogP contribution in [0.4, 0.5) is 10.2 Å². The zero-order valence-electron chi connectivity index (χ0n) is 12.3. The average molecular weight is 278 g/mol. The third-order valence-corrected chi connectivity index (χ3v) is 4.72. The molecule has 20 heavy (non-hydrogen) atoms. The minimum Gasteiger partial charge on any atom is -0.355 e. The molecule has 0 aliphatic carbocycles. The second-order valence-electron chi connectivity index (χ2n) is 5.95. The molecule has 2 unspecified atom stereocenters. The lowest BCUT2D eigenvalue weighted by Crippen LogP contribution is -2.37. The molecule has 4 nitrogen and oxygen atoms in total. The average Bonchev–Trinajstić information content (AvgIpc) is 2.65. The third kappa shape index (κ3) is 2.52. The van der Waals surface area contributed by atoms with Gasteiger partial charge in [-0.3, -0.25) is 4.90 Å². The van der Waals surface area contributed by atoms with Crippen LogP contribution < -0.4 is 10.2 Å². The number of nitrogens with one attached hydrogen (secondary N) is 1. The highest BCUT2D eigenvalue weighted by Crippen LogP contribution is 2.31. The van der Waals surface area contributed by atoms with Crippen molar-refractivity contribution in [1.82, 2.24) is 15.2 Å². The largest absolute Gasteiger partial charge is 0.355 e. The summed E-state index contributed by atoms with van der Waals surface area (Å²) in [5, 5.41) is 3.11. The zero-order chi connectivity index (χ0) is 14.1. The first-order valence-electron chi connectivity index (χ1n) is 7.45. The van der Waals surface area contributed by atoms with Crippen LogP contribution in [0.3, 0.4) is 0 Å². The van der Waals surface area contributed by atoms with E-state index in [1.54, 1.807) is 6.07 Å². The molecule has 2 fully saturated rings. The molecule has 0 saturated carbocycles. The molecule has 5 heteroatoms. The Morgan fingerprint density at radius 2 is 2.15 bits per heavy atom. The quantitative estimate of drug-likeness (QED) is 0.910. The van der Waals surface area contributed by atoms with Gasteiger partial charge in [0.25, 0.3) is 0 Å². The van der Waals surface area contributed by atoms with Crippen molar-refractivity contribution in [3.8, 4) is 0 Å². The van der Waals surface area contributed by atoms with Gasteiger partial charge in [-0.05, 0) is 39.4 Å². The van der Waals surface area contributed by atoms with Gasteiger partial charge in [0.2, 0.25) is 0 Å². The van der Waals surface area contributed by atoms with Gasteiger partial charge >= 0.3 is 0 Å². The molecule has 2 aliphatic rings. The van der Waals surface area contributed by atoms with Crippen molar-refractivity contribution in [2.45, 2.75) is 37.9 Å². The summed E-state index contributed by atoms with van der Waals surface area (Å²) >= 11 is 0. The van der Waals surface area contributed by atoms with Crippen LogP contribution in [0.5, 0.6) is 0 Å². The fourth-order valence-corrected chi connectivity index (χ4v) is 3.58. The summed E-state index contributed by atoms with van der Waals surface area (Å²) in [5.74, 6) is 0.689. The standard InChI is InChI=1S/C15H23FN4/c1-17-8-11-7-12(16)9-18-15(11)20-6-5-13-3-4-14(10-20)19(13)2/h7,9,13-14,17H,3-6,8,10H2,1-2H3. The number of likely N-dealkylation sites (N-methyl/N-ethyl adjacent to an activating group) is 1. The van der Waals surface area contributed by atoms with Crippen LogP contribution >= 0.6 is 0 Å². The molecule has 0 radical (unpaired) electrons. The number of hydrogen-bond donors (Lipinski definition) is 1. The predicted molar refractivity (Wildman–Crippen MR) is 78.4 cm³/mol. The Bertz CT molecular complexity index is 479. The van der Waals surface area contributed by atoms with Crippen molar-refractivity contribution in [3.05, 3.63) is 23.6 Å². The normalized spacial score (nSPS) is 26.9. The second kappa shape index (κ2) is 5.66. The Balaban J connectivity index is 1.85. The Hall–Kier alpha value is -1.20. The molecular weight excluding hydrogens is 255 g/mol. The monoisotopic (exact) mass is 278 g/mol. The van der Waals surface area contributed by atoms with Crippen molar-refractivity contribution in [3.63, 3.8) is 0 Å². The van der Waals surface area contributed by atoms with Crippen LogP contribution in [0.1, 0.15) is 24.8 Å². The van der Waals surface area contributed by atoms with E-state index in [0.29, 0.717) is 18.6 Å². The Kier molecular flexibility index (Phi) is 3.89. The number of halogens is 1.